The molecular formula is C25H46O3P2. The highest BCUT2D eigenvalue weighted by Crippen LogP contribution is 2.74. The molecule has 5 aliphatic rings. The number of hydrogen-bond acceptors (Lipinski definition) is 3. The fourth-order valence-electron chi connectivity index (χ4n) is 8.54. The standard InChI is InChI=1S/C25H46O3P2/c1-19(2,3)30(20(4,5)6)13-17-11-12-18(17)25(16-29)21(7)14-23(9)27-22(25,8)15-24(10,26-21)28-23/h17-18H,11-16,29H2,1-10H3. The topological polar surface area (TPSA) is 27.7 Å². The van der Waals surface area contributed by atoms with Crippen LogP contribution in [0.1, 0.15) is 94.9 Å². The summed E-state index contributed by atoms with van der Waals surface area (Å²) < 4.78 is 20.1. The summed E-state index contributed by atoms with van der Waals surface area (Å²) >= 11 is 0. The van der Waals surface area contributed by atoms with Gasteiger partial charge in [-0.2, -0.15) is 0 Å². The normalized spacial score (nSPS) is 50.8. The molecule has 0 aromatic carbocycles. The second-order valence-corrected chi connectivity index (χ2v) is 17.8. The summed E-state index contributed by atoms with van der Waals surface area (Å²) in [4.78, 5) is 0. The van der Waals surface area contributed by atoms with Gasteiger partial charge in [-0.15, -0.1) is 9.24 Å². The summed E-state index contributed by atoms with van der Waals surface area (Å²) in [6.07, 6.45) is 6.74. The van der Waals surface area contributed by atoms with E-state index in [0.29, 0.717) is 16.2 Å². The molecule has 7 unspecified atom stereocenters. The summed E-state index contributed by atoms with van der Waals surface area (Å²) in [6.45, 7) is 23.8. The van der Waals surface area contributed by atoms with Crippen molar-refractivity contribution in [3.05, 3.63) is 0 Å². The molecule has 1 saturated carbocycles. The van der Waals surface area contributed by atoms with Crippen LogP contribution in [-0.2, 0) is 14.2 Å². The van der Waals surface area contributed by atoms with Gasteiger partial charge >= 0.3 is 0 Å². The fraction of sp³-hybridized carbons (Fsp3) is 1.00. The van der Waals surface area contributed by atoms with E-state index in [9.17, 15) is 0 Å². The highest BCUT2D eigenvalue weighted by molar-refractivity contribution is 7.60. The Kier molecular flexibility index (Phi) is 5.30. The smallest absolute Gasteiger partial charge is 0.172 e. The quantitative estimate of drug-likeness (QED) is 0.437. The maximum Gasteiger partial charge on any atom is 0.172 e. The predicted molar refractivity (Wildman–Crippen MR) is 131 cm³/mol. The van der Waals surface area contributed by atoms with Gasteiger partial charge in [-0.3, -0.25) is 0 Å². The van der Waals surface area contributed by atoms with Crippen LogP contribution < -0.4 is 0 Å². The van der Waals surface area contributed by atoms with Crippen LogP contribution in [-0.4, -0.2) is 45.4 Å². The Balaban J connectivity index is 1.70. The molecule has 1 aliphatic carbocycles. The lowest BCUT2D eigenvalue weighted by molar-refractivity contribution is -0.550. The second-order valence-electron chi connectivity index (χ2n) is 13.5. The highest BCUT2D eigenvalue weighted by Gasteiger charge is 2.79. The van der Waals surface area contributed by atoms with E-state index in [1.165, 1.54) is 19.0 Å². The minimum Gasteiger partial charge on any atom is -0.343 e. The molecule has 4 aliphatic heterocycles. The zero-order chi connectivity index (χ0) is 22.6. The van der Waals surface area contributed by atoms with Gasteiger partial charge in [0.15, 0.2) is 11.6 Å². The molecule has 0 radical (unpaired) electrons. The summed E-state index contributed by atoms with van der Waals surface area (Å²) in [5, 5.41) is 0.753. The third-order valence-electron chi connectivity index (χ3n) is 8.93. The molecule has 0 aromatic heterocycles. The van der Waals surface area contributed by atoms with Gasteiger partial charge in [-0.05, 0) is 75.0 Å². The van der Waals surface area contributed by atoms with Crippen LogP contribution in [0.25, 0.3) is 0 Å². The van der Waals surface area contributed by atoms with Crippen molar-refractivity contribution in [2.24, 2.45) is 17.3 Å². The Morgan fingerprint density at radius 1 is 0.800 bits per heavy atom. The van der Waals surface area contributed by atoms with Crippen molar-refractivity contribution in [3.63, 3.8) is 0 Å². The van der Waals surface area contributed by atoms with Crippen LogP contribution in [0.15, 0.2) is 0 Å². The molecule has 5 rings (SSSR count). The minimum absolute atomic E-state index is 0.0210. The predicted octanol–water partition coefficient (Wildman–Crippen LogP) is 6.77. The van der Waals surface area contributed by atoms with Crippen LogP contribution >= 0.6 is 17.2 Å². The Labute approximate surface area is 189 Å². The minimum atomic E-state index is -0.527. The van der Waals surface area contributed by atoms with Crippen molar-refractivity contribution in [2.75, 3.05) is 12.3 Å². The lowest BCUT2D eigenvalue weighted by Crippen LogP contribution is -2.84. The molecule has 7 atom stereocenters. The van der Waals surface area contributed by atoms with Crippen LogP contribution in [0.5, 0.6) is 0 Å². The fourth-order valence-corrected chi connectivity index (χ4v) is 13.7. The lowest BCUT2D eigenvalue weighted by Gasteiger charge is -2.77. The van der Waals surface area contributed by atoms with Gasteiger partial charge in [-0.25, -0.2) is 0 Å². The first-order chi connectivity index (χ1) is 13.4. The van der Waals surface area contributed by atoms with Gasteiger partial charge in [-0.1, -0.05) is 49.5 Å². The number of ether oxygens (including phenoxy) is 3. The molecule has 0 N–H and O–H groups in total. The van der Waals surface area contributed by atoms with E-state index >= 15 is 0 Å². The Morgan fingerprint density at radius 3 is 1.60 bits per heavy atom. The van der Waals surface area contributed by atoms with E-state index in [0.717, 1.165) is 24.9 Å². The average molecular weight is 457 g/mol. The van der Waals surface area contributed by atoms with Crippen molar-refractivity contribution >= 4 is 17.2 Å². The van der Waals surface area contributed by atoms with Crippen molar-refractivity contribution in [1.29, 1.82) is 0 Å². The van der Waals surface area contributed by atoms with E-state index < -0.39 is 11.6 Å². The van der Waals surface area contributed by atoms with Gasteiger partial charge in [0.1, 0.15) is 0 Å². The molecule has 4 heterocycles. The molecule has 174 valence electrons. The molecule has 5 heteroatoms. The molecular weight excluding hydrogens is 410 g/mol. The van der Waals surface area contributed by atoms with Gasteiger partial charge in [0.2, 0.25) is 0 Å². The molecule has 4 bridgehead atoms. The van der Waals surface area contributed by atoms with Gasteiger partial charge < -0.3 is 14.2 Å². The number of rotatable bonds is 4. The van der Waals surface area contributed by atoms with E-state index in [-0.39, 0.29) is 24.5 Å². The van der Waals surface area contributed by atoms with Gasteiger partial charge in [0.05, 0.1) is 11.2 Å². The van der Waals surface area contributed by atoms with E-state index in [4.69, 9.17) is 14.2 Å². The largest absolute Gasteiger partial charge is 0.343 e. The first kappa shape index (κ1) is 23.9. The molecule has 0 aromatic rings. The molecule has 0 amide bonds. The summed E-state index contributed by atoms with van der Waals surface area (Å²) in [7, 11) is 3.02. The summed E-state index contributed by atoms with van der Waals surface area (Å²) in [5.74, 6) is 0.378. The second kappa shape index (κ2) is 6.66. The zero-order valence-electron chi connectivity index (χ0n) is 21.1. The van der Waals surface area contributed by atoms with Crippen LogP contribution in [0.4, 0.5) is 0 Å². The molecule has 5 fully saturated rings. The monoisotopic (exact) mass is 456 g/mol. The van der Waals surface area contributed by atoms with Crippen molar-refractivity contribution in [1.82, 2.24) is 0 Å². The zero-order valence-corrected chi connectivity index (χ0v) is 23.2. The lowest BCUT2D eigenvalue weighted by atomic mass is 9.44. The summed E-state index contributed by atoms with van der Waals surface area (Å²) in [6, 6.07) is 0. The van der Waals surface area contributed by atoms with Gasteiger partial charge in [0, 0.05) is 18.3 Å². The van der Waals surface area contributed by atoms with Crippen LogP contribution in [0.3, 0.4) is 0 Å². The van der Waals surface area contributed by atoms with E-state index in [1.807, 2.05) is 0 Å². The first-order valence-corrected chi connectivity index (χ1v) is 14.4. The van der Waals surface area contributed by atoms with Gasteiger partial charge in [0.25, 0.3) is 0 Å². The van der Waals surface area contributed by atoms with Crippen LogP contribution in [0.2, 0.25) is 0 Å². The summed E-state index contributed by atoms with van der Waals surface area (Å²) in [5.41, 5.74) is -0.401. The molecule has 4 saturated heterocycles. The Morgan fingerprint density at radius 2 is 1.27 bits per heavy atom. The van der Waals surface area contributed by atoms with Crippen molar-refractivity contribution in [2.45, 2.75) is 128 Å². The third-order valence-corrected chi connectivity index (χ3v) is 13.6. The molecule has 30 heavy (non-hydrogen) atoms. The number of hydrogen-bond donors (Lipinski definition) is 0. The SMILES string of the molecule is CC12CC3(C)OC(C)(CC(C)(O1)C3(CP)C1CCC1CP(C(C)(C)C)C(C)(C)C)O2. The highest BCUT2D eigenvalue weighted by atomic mass is 31.1. The average Bonchev–Trinajstić information content (AvgIpc) is 2.43. The van der Waals surface area contributed by atoms with Crippen LogP contribution in [0, 0.1) is 17.3 Å². The van der Waals surface area contributed by atoms with Crippen molar-refractivity contribution < 1.29 is 14.2 Å². The Hall–Kier alpha value is 0.740. The third kappa shape index (κ3) is 3.23. The molecule has 0 spiro atoms. The van der Waals surface area contributed by atoms with E-state index in [1.54, 1.807) is 0 Å². The van der Waals surface area contributed by atoms with E-state index in [2.05, 4.69) is 78.5 Å². The Bertz CT molecular complexity index is 648. The maximum atomic E-state index is 6.87. The maximum absolute atomic E-state index is 6.87. The van der Waals surface area contributed by atoms with Crippen molar-refractivity contribution in [3.8, 4) is 0 Å². The first-order valence-electron chi connectivity index (χ1n) is 12.0. The molecule has 3 nitrogen and oxygen atoms in total.